The smallest absolute Gasteiger partial charge is 0.248 e. The predicted molar refractivity (Wildman–Crippen MR) is 108 cm³/mol. The number of rotatable bonds is 4. The zero-order chi connectivity index (χ0) is 17.9. The molecule has 3 aromatic rings. The minimum Gasteiger partial charge on any atom is -0.372 e. The number of benzene rings is 1. The van der Waals surface area contributed by atoms with Crippen molar-refractivity contribution in [2.24, 2.45) is 5.92 Å². The van der Waals surface area contributed by atoms with Gasteiger partial charge in [0.2, 0.25) is 5.91 Å². The van der Waals surface area contributed by atoms with Crippen LogP contribution in [0.15, 0.2) is 48.1 Å². The number of nitrogens with zero attached hydrogens (tertiary/aromatic N) is 3. The summed E-state index contributed by atoms with van der Waals surface area (Å²) in [6.45, 7) is 4.53. The van der Waals surface area contributed by atoms with Crippen LogP contribution in [0.1, 0.15) is 25.5 Å². The van der Waals surface area contributed by atoms with Gasteiger partial charge >= 0.3 is 0 Å². The number of amides is 1. The molecule has 4 rings (SSSR count). The lowest BCUT2D eigenvalue weighted by Crippen LogP contribution is -2.32. The van der Waals surface area contributed by atoms with Crippen molar-refractivity contribution in [2.45, 2.75) is 19.8 Å². The maximum Gasteiger partial charge on any atom is 0.248 e. The molecule has 1 amide bonds. The summed E-state index contributed by atoms with van der Waals surface area (Å²) in [5.41, 5.74) is 2.93. The van der Waals surface area contributed by atoms with Crippen molar-refractivity contribution in [3.8, 4) is 0 Å². The van der Waals surface area contributed by atoms with Crippen LogP contribution in [0.5, 0.6) is 0 Å². The zero-order valence-electron chi connectivity index (χ0n) is 14.8. The molecule has 0 saturated carbocycles. The maximum atomic E-state index is 12.2. The molecule has 3 heterocycles. The van der Waals surface area contributed by atoms with Gasteiger partial charge < -0.3 is 10.2 Å². The van der Waals surface area contributed by atoms with E-state index in [1.54, 1.807) is 29.7 Å². The minimum atomic E-state index is -0.144. The minimum absolute atomic E-state index is 0.144. The first-order valence-electron chi connectivity index (χ1n) is 8.94. The fourth-order valence-electron chi connectivity index (χ4n) is 3.24. The van der Waals surface area contributed by atoms with Gasteiger partial charge in [0.1, 0.15) is 0 Å². The number of nitrogens with one attached hydrogen (secondary N) is 1. The first kappa shape index (κ1) is 16.8. The number of piperidine rings is 1. The molecule has 1 aliphatic rings. The Hall–Kier alpha value is -2.60. The van der Waals surface area contributed by atoms with Gasteiger partial charge in [-0.3, -0.25) is 9.20 Å². The molecule has 1 N–H and O–H groups in total. The van der Waals surface area contributed by atoms with Crippen LogP contribution in [0.2, 0.25) is 0 Å². The molecule has 1 aromatic carbocycles. The molecule has 5 nitrogen and oxygen atoms in total. The number of thiazole rings is 1. The molecule has 0 spiro atoms. The Morgan fingerprint density at radius 1 is 1.27 bits per heavy atom. The number of carbonyl (C=O) groups excluding carboxylic acids is 1. The Labute approximate surface area is 157 Å². The Morgan fingerprint density at radius 2 is 2.04 bits per heavy atom. The third-order valence-corrected chi connectivity index (χ3v) is 5.63. The summed E-state index contributed by atoms with van der Waals surface area (Å²) in [6.07, 6.45) is 9.53. The number of fused-ring (bicyclic) bond motifs is 1. The van der Waals surface area contributed by atoms with Gasteiger partial charge in [-0.25, -0.2) is 4.98 Å². The molecule has 1 aliphatic heterocycles. The van der Waals surface area contributed by atoms with Gasteiger partial charge in [-0.15, -0.1) is 11.3 Å². The lowest BCUT2D eigenvalue weighted by Gasteiger charge is -2.32. The van der Waals surface area contributed by atoms with Gasteiger partial charge in [-0.1, -0.05) is 6.92 Å². The summed E-state index contributed by atoms with van der Waals surface area (Å²) in [7, 11) is 0. The van der Waals surface area contributed by atoms with Crippen LogP contribution in [-0.2, 0) is 4.79 Å². The van der Waals surface area contributed by atoms with E-state index in [1.165, 1.54) is 18.5 Å². The van der Waals surface area contributed by atoms with Crippen LogP contribution in [0.4, 0.5) is 11.4 Å². The summed E-state index contributed by atoms with van der Waals surface area (Å²) in [5.74, 6) is 0.678. The van der Waals surface area contributed by atoms with Crippen molar-refractivity contribution in [2.75, 3.05) is 23.3 Å². The van der Waals surface area contributed by atoms with Gasteiger partial charge in [-0.05, 0) is 49.1 Å². The summed E-state index contributed by atoms with van der Waals surface area (Å²) in [5, 5.41) is 4.89. The van der Waals surface area contributed by atoms with Crippen LogP contribution in [-0.4, -0.2) is 28.4 Å². The monoisotopic (exact) mass is 366 g/mol. The summed E-state index contributed by atoms with van der Waals surface area (Å²) < 4.78 is 1.96. The van der Waals surface area contributed by atoms with E-state index in [0.29, 0.717) is 0 Å². The Bertz CT molecular complexity index is 917. The van der Waals surface area contributed by atoms with E-state index < -0.39 is 0 Å². The number of aromatic nitrogens is 2. The van der Waals surface area contributed by atoms with Crippen molar-refractivity contribution < 1.29 is 4.79 Å². The highest BCUT2D eigenvalue weighted by atomic mass is 32.1. The third-order valence-electron chi connectivity index (χ3n) is 4.86. The Morgan fingerprint density at radius 3 is 2.81 bits per heavy atom. The van der Waals surface area contributed by atoms with Crippen molar-refractivity contribution in [3.05, 3.63) is 53.8 Å². The largest absolute Gasteiger partial charge is 0.372 e. The molecule has 1 fully saturated rings. The van der Waals surface area contributed by atoms with E-state index in [9.17, 15) is 4.79 Å². The summed E-state index contributed by atoms with van der Waals surface area (Å²) in [6, 6.07) is 8.10. The van der Waals surface area contributed by atoms with Gasteiger partial charge in [0.15, 0.2) is 4.96 Å². The lowest BCUT2D eigenvalue weighted by molar-refractivity contribution is -0.111. The maximum absolute atomic E-state index is 12.2. The van der Waals surface area contributed by atoms with Crippen LogP contribution in [0, 0.1) is 5.92 Å². The highest BCUT2D eigenvalue weighted by Crippen LogP contribution is 2.24. The molecule has 0 atom stereocenters. The average Bonchev–Trinajstić information content (AvgIpc) is 3.25. The van der Waals surface area contributed by atoms with Crippen molar-refractivity contribution in [1.82, 2.24) is 9.38 Å². The first-order valence-corrected chi connectivity index (χ1v) is 9.81. The van der Waals surface area contributed by atoms with Crippen LogP contribution >= 0.6 is 11.3 Å². The van der Waals surface area contributed by atoms with Crippen molar-refractivity contribution >= 4 is 39.7 Å². The molecular weight excluding hydrogens is 344 g/mol. The Kier molecular flexibility index (Phi) is 4.75. The molecule has 26 heavy (non-hydrogen) atoms. The van der Waals surface area contributed by atoms with Gasteiger partial charge in [0.05, 0.1) is 11.9 Å². The molecule has 2 aromatic heterocycles. The molecular formula is C20H22N4OS. The number of carbonyl (C=O) groups is 1. The topological polar surface area (TPSA) is 49.6 Å². The second-order valence-corrected chi connectivity index (χ2v) is 7.65. The quantitative estimate of drug-likeness (QED) is 0.701. The molecule has 0 radical (unpaired) electrons. The third kappa shape index (κ3) is 3.65. The van der Waals surface area contributed by atoms with Gasteiger partial charge in [0.25, 0.3) is 0 Å². The standard InChI is InChI=1S/C20H22N4OS/c1-15-8-10-23(11-9-15)17-4-2-16(3-5-17)22-19(25)7-6-18-14-21-20-24(18)12-13-26-20/h2-7,12-15H,8-11H2,1H3,(H,22,25)/b7-6+. The van der Waals surface area contributed by atoms with Crippen LogP contribution in [0.3, 0.4) is 0 Å². The fourth-order valence-corrected chi connectivity index (χ4v) is 3.93. The number of hydrogen-bond acceptors (Lipinski definition) is 4. The highest BCUT2D eigenvalue weighted by molar-refractivity contribution is 7.15. The second-order valence-electron chi connectivity index (χ2n) is 6.78. The molecule has 134 valence electrons. The van der Waals surface area contributed by atoms with Gasteiger partial charge in [-0.2, -0.15) is 0 Å². The predicted octanol–water partition coefficient (Wildman–Crippen LogP) is 4.28. The van der Waals surface area contributed by atoms with E-state index in [-0.39, 0.29) is 5.91 Å². The summed E-state index contributed by atoms with van der Waals surface area (Å²) >= 11 is 1.57. The Balaban J connectivity index is 1.37. The molecule has 1 saturated heterocycles. The van der Waals surface area contributed by atoms with Gasteiger partial charge in [0, 0.05) is 42.1 Å². The molecule has 6 heteroatoms. The number of hydrogen-bond donors (Lipinski definition) is 1. The van der Waals surface area contributed by atoms with E-state index in [0.717, 1.165) is 35.3 Å². The van der Waals surface area contributed by atoms with E-state index in [1.807, 2.05) is 28.1 Å². The number of anilines is 2. The highest BCUT2D eigenvalue weighted by Gasteiger charge is 2.15. The lowest BCUT2D eigenvalue weighted by atomic mass is 9.99. The normalized spacial score (nSPS) is 15.8. The SMILES string of the molecule is CC1CCN(c2ccc(NC(=O)/C=C/c3cnc4sccn34)cc2)CC1. The average molecular weight is 366 g/mol. The van der Waals surface area contributed by atoms with Crippen LogP contribution in [0.25, 0.3) is 11.0 Å². The molecule has 0 unspecified atom stereocenters. The fraction of sp³-hybridized carbons (Fsp3) is 0.300. The molecule has 0 bridgehead atoms. The van der Waals surface area contributed by atoms with E-state index in [4.69, 9.17) is 0 Å². The summed E-state index contributed by atoms with van der Waals surface area (Å²) in [4.78, 5) is 19.8. The van der Waals surface area contributed by atoms with Crippen LogP contribution < -0.4 is 10.2 Å². The van der Waals surface area contributed by atoms with Crippen molar-refractivity contribution in [1.29, 1.82) is 0 Å². The van der Waals surface area contributed by atoms with E-state index >= 15 is 0 Å². The first-order chi connectivity index (χ1) is 12.7. The number of imidazole rings is 1. The van der Waals surface area contributed by atoms with Crippen molar-refractivity contribution in [3.63, 3.8) is 0 Å². The molecule has 0 aliphatic carbocycles. The zero-order valence-corrected chi connectivity index (χ0v) is 15.6. The second kappa shape index (κ2) is 7.33. The van der Waals surface area contributed by atoms with E-state index in [2.05, 4.69) is 34.3 Å².